The molecule has 0 spiro atoms. The predicted octanol–water partition coefficient (Wildman–Crippen LogP) is 4.76. The number of ether oxygens (including phenoxy) is 2. The van der Waals surface area contributed by atoms with Crippen molar-refractivity contribution in [3.8, 4) is 5.75 Å². The summed E-state index contributed by atoms with van der Waals surface area (Å²) in [5, 5.41) is 0. The van der Waals surface area contributed by atoms with E-state index in [4.69, 9.17) is 9.47 Å². The quantitative estimate of drug-likeness (QED) is 0.750. The van der Waals surface area contributed by atoms with Crippen molar-refractivity contribution >= 4 is 22.0 Å². The molecule has 1 aromatic carbocycles. The van der Waals surface area contributed by atoms with E-state index in [1.165, 1.54) is 12.1 Å². The maximum absolute atomic E-state index is 13.4. The van der Waals surface area contributed by atoms with Crippen molar-refractivity contribution in [2.45, 2.75) is 51.7 Å². The fourth-order valence-corrected chi connectivity index (χ4v) is 2.98. The van der Waals surface area contributed by atoms with Gasteiger partial charge in [0.1, 0.15) is 23.8 Å². The topological polar surface area (TPSA) is 38.8 Å². The van der Waals surface area contributed by atoms with E-state index in [1.807, 2.05) is 20.8 Å². The average molecular weight is 388 g/mol. The summed E-state index contributed by atoms with van der Waals surface area (Å²) in [4.78, 5) is 14.0. The molecule has 0 radical (unpaired) electrons. The zero-order valence-corrected chi connectivity index (χ0v) is 15.4. The maximum atomic E-state index is 13.4. The number of hydrogen-bond donors (Lipinski definition) is 0. The fourth-order valence-electron chi connectivity index (χ4n) is 2.54. The van der Waals surface area contributed by atoms with Crippen LogP contribution < -0.4 is 4.74 Å². The van der Waals surface area contributed by atoms with Crippen LogP contribution in [-0.2, 0) is 4.74 Å². The van der Waals surface area contributed by atoms with Crippen molar-refractivity contribution in [3.05, 3.63) is 28.5 Å². The van der Waals surface area contributed by atoms with E-state index in [0.29, 0.717) is 23.4 Å². The molecule has 128 valence electrons. The molecule has 1 fully saturated rings. The highest BCUT2D eigenvalue weighted by molar-refractivity contribution is 9.10. The normalized spacial score (nSPS) is 18.7. The van der Waals surface area contributed by atoms with E-state index in [9.17, 15) is 9.18 Å². The van der Waals surface area contributed by atoms with Gasteiger partial charge in [-0.2, -0.15) is 0 Å². The molecule has 0 bridgehead atoms. The first-order chi connectivity index (χ1) is 10.7. The average Bonchev–Trinajstić information content (AvgIpc) is 2.42. The summed E-state index contributed by atoms with van der Waals surface area (Å²) in [5.74, 6) is 0.0913. The van der Waals surface area contributed by atoms with Crippen molar-refractivity contribution < 1.29 is 18.7 Å². The van der Waals surface area contributed by atoms with Gasteiger partial charge in [-0.1, -0.05) is 15.9 Å². The molecule has 2 rings (SSSR count). The van der Waals surface area contributed by atoms with Crippen molar-refractivity contribution in [3.63, 3.8) is 0 Å². The van der Waals surface area contributed by atoms with Gasteiger partial charge in [-0.15, -0.1) is 0 Å². The minimum Gasteiger partial charge on any atom is -0.491 e. The van der Waals surface area contributed by atoms with Crippen LogP contribution in [0.4, 0.5) is 9.18 Å². The largest absolute Gasteiger partial charge is 0.491 e. The van der Waals surface area contributed by atoms with Crippen molar-refractivity contribution in [1.29, 1.82) is 0 Å². The molecule has 0 aliphatic carbocycles. The number of benzene rings is 1. The molecule has 1 amide bonds. The summed E-state index contributed by atoms with van der Waals surface area (Å²) in [5.41, 5.74) is -0.520. The van der Waals surface area contributed by atoms with Gasteiger partial charge in [0, 0.05) is 17.1 Å². The summed E-state index contributed by atoms with van der Waals surface area (Å²) >= 11 is 3.24. The fraction of sp³-hybridized carbons (Fsp3) is 0.588. The van der Waals surface area contributed by atoms with E-state index in [2.05, 4.69) is 15.9 Å². The van der Waals surface area contributed by atoms with Crippen LogP contribution in [0.5, 0.6) is 5.75 Å². The summed E-state index contributed by atoms with van der Waals surface area (Å²) in [7, 11) is 0. The van der Waals surface area contributed by atoms with Gasteiger partial charge in [0.25, 0.3) is 0 Å². The van der Waals surface area contributed by atoms with E-state index >= 15 is 0 Å². The third-order valence-electron chi connectivity index (χ3n) is 3.53. The first kappa shape index (κ1) is 18.0. The van der Waals surface area contributed by atoms with E-state index in [1.54, 1.807) is 11.0 Å². The number of halogens is 2. The number of likely N-dealkylation sites (tertiary alicyclic amines) is 1. The molecule has 1 saturated heterocycles. The highest BCUT2D eigenvalue weighted by Crippen LogP contribution is 2.24. The summed E-state index contributed by atoms with van der Waals surface area (Å²) in [6, 6.07) is 4.37. The van der Waals surface area contributed by atoms with Gasteiger partial charge in [0.05, 0.1) is 6.04 Å². The van der Waals surface area contributed by atoms with Gasteiger partial charge < -0.3 is 14.4 Å². The summed E-state index contributed by atoms with van der Waals surface area (Å²) < 4.78 is 25.2. The third kappa shape index (κ3) is 5.68. The Kier molecular flexibility index (Phi) is 5.89. The van der Waals surface area contributed by atoms with Gasteiger partial charge in [0.2, 0.25) is 0 Å². The molecule has 0 saturated carbocycles. The summed E-state index contributed by atoms with van der Waals surface area (Å²) in [6.45, 7) is 6.55. The Hall–Kier alpha value is -1.30. The Morgan fingerprint density at radius 3 is 2.74 bits per heavy atom. The predicted molar refractivity (Wildman–Crippen MR) is 90.2 cm³/mol. The minimum atomic E-state index is -0.520. The van der Waals surface area contributed by atoms with Gasteiger partial charge >= 0.3 is 6.09 Å². The van der Waals surface area contributed by atoms with Crippen molar-refractivity contribution in [2.75, 3.05) is 13.2 Å². The van der Waals surface area contributed by atoms with Gasteiger partial charge in [-0.3, -0.25) is 0 Å². The highest BCUT2D eigenvalue weighted by atomic mass is 79.9. The van der Waals surface area contributed by atoms with Crippen molar-refractivity contribution in [2.24, 2.45) is 0 Å². The smallest absolute Gasteiger partial charge is 0.410 e. The van der Waals surface area contributed by atoms with E-state index in [-0.39, 0.29) is 18.0 Å². The van der Waals surface area contributed by atoms with Gasteiger partial charge in [-0.25, -0.2) is 9.18 Å². The number of amides is 1. The standard InChI is InChI=1S/C17H23BrFNO3/c1-17(2,3)23-16(21)20-7-5-4-6-14(20)11-22-15-9-12(18)8-13(19)10-15/h8-10,14H,4-7,11H2,1-3H3/t14-/m0/s1. The molecular formula is C17H23BrFNO3. The van der Waals surface area contributed by atoms with E-state index in [0.717, 1.165) is 19.3 Å². The lowest BCUT2D eigenvalue weighted by atomic mass is 10.0. The molecule has 1 aromatic rings. The Bertz CT molecular complexity index is 539. The second-order valence-corrected chi connectivity index (χ2v) is 7.66. The third-order valence-corrected chi connectivity index (χ3v) is 3.99. The van der Waals surface area contributed by atoms with Gasteiger partial charge in [-0.05, 0) is 52.2 Å². The second-order valence-electron chi connectivity index (χ2n) is 6.74. The molecule has 0 unspecified atom stereocenters. The van der Waals surface area contributed by atoms with Crippen LogP contribution in [0, 0.1) is 5.82 Å². The minimum absolute atomic E-state index is 0.0550. The molecule has 6 heteroatoms. The Morgan fingerprint density at radius 2 is 2.09 bits per heavy atom. The molecule has 23 heavy (non-hydrogen) atoms. The molecule has 1 aliphatic rings. The van der Waals surface area contributed by atoms with E-state index < -0.39 is 5.60 Å². The molecule has 1 atom stereocenters. The van der Waals surface area contributed by atoms with Crippen LogP contribution in [0.1, 0.15) is 40.0 Å². The monoisotopic (exact) mass is 387 g/mol. The Labute approximate surface area is 145 Å². The Morgan fingerprint density at radius 1 is 1.35 bits per heavy atom. The maximum Gasteiger partial charge on any atom is 0.410 e. The van der Waals surface area contributed by atoms with Crippen LogP contribution in [0.25, 0.3) is 0 Å². The molecule has 0 aromatic heterocycles. The number of nitrogens with zero attached hydrogens (tertiary/aromatic N) is 1. The molecular weight excluding hydrogens is 365 g/mol. The molecule has 0 N–H and O–H groups in total. The van der Waals surface area contributed by atoms with Crippen LogP contribution in [0.15, 0.2) is 22.7 Å². The Balaban J connectivity index is 1.99. The molecule has 1 heterocycles. The number of piperidine rings is 1. The number of carbonyl (C=O) groups excluding carboxylic acids is 1. The SMILES string of the molecule is CC(C)(C)OC(=O)N1CCCC[C@H]1COc1cc(F)cc(Br)c1. The molecule has 4 nitrogen and oxygen atoms in total. The zero-order valence-electron chi connectivity index (χ0n) is 13.8. The lowest BCUT2D eigenvalue weighted by Gasteiger charge is -2.36. The lowest BCUT2D eigenvalue weighted by molar-refractivity contribution is 0.00358. The lowest BCUT2D eigenvalue weighted by Crippen LogP contribution is -2.48. The first-order valence-electron chi connectivity index (χ1n) is 7.83. The summed E-state index contributed by atoms with van der Waals surface area (Å²) in [6.07, 6.45) is 2.54. The van der Waals surface area contributed by atoms with Gasteiger partial charge in [0.15, 0.2) is 0 Å². The zero-order chi connectivity index (χ0) is 17.0. The van der Waals surface area contributed by atoms with Crippen LogP contribution >= 0.6 is 15.9 Å². The molecule has 1 aliphatic heterocycles. The van der Waals surface area contributed by atoms with Crippen LogP contribution in [-0.4, -0.2) is 35.8 Å². The second kappa shape index (κ2) is 7.51. The van der Waals surface area contributed by atoms with Crippen LogP contribution in [0.2, 0.25) is 0 Å². The number of carbonyl (C=O) groups is 1. The van der Waals surface area contributed by atoms with Crippen LogP contribution in [0.3, 0.4) is 0 Å². The highest BCUT2D eigenvalue weighted by Gasteiger charge is 2.30. The number of rotatable bonds is 3. The number of hydrogen-bond acceptors (Lipinski definition) is 3. The first-order valence-corrected chi connectivity index (χ1v) is 8.62. The van der Waals surface area contributed by atoms with Crippen molar-refractivity contribution in [1.82, 2.24) is 4.90 Å².